The van der Waals surface area contributed by atoms with Gasteiger partial charge in [0.2, 0.25) is 0 Å². The first-order valence-electron chi connectivity index (χ1n) is 7.25. The molecule has 0 amide bonds. The fourth-order valence-corrected chi connectivity index (χ4v) is 2.10. The molecule has 0 aromatic heterocycles. The van der Waals surface area contributed by atoms with Gasteiger partial charge in [0.05, 0.1) is 25.0 Å². The van der Waals surface area contributed by atoms with Crippen LogP contribution in [0.15, 0.2) is 11.6 Å². The van der Waals surface area contributed by atoms with Crippen LogP contribution in [0.4, 0.5) is 0 Å². The van der Waals surface area contributed by atoms with E-state index in [4.69, 9.17) is 14.6 Å². The molecule has 6 heteroatoms. The SMILES string of the molecule is COC(=O)C(C)(C)C=C(C)CC(C)C(=O)OCCCC(=O)O. The number of carbonyl (C=O) groups is 3. The van der Waals surface area contributed by atoms with Gasteiger partial charge in [-0.05, 0) is 33.6 Å². The summed E-state index contributed by atoms with van der Waals surface area (Å²) < 4.78 is 9.76. The Kier molecular flexibility index (Phi) is 8.45. The maximum atomic E-state index is 11.8. The van der Waals surface area contributed by atoms with Crippen molar-refractivity contribution in [3.63, 3.8) is 0 Å². The molecule has 0 bridgehead atoms. The van der Waals surface area contributed by atoms with E-state index in [0.717, 1.165) is 5.57 Å². The summed E-state index contributed by atoms with van der Waals surface area (Å²) in [4.78, 5) is 33.8. The van der Waals surface area contributed by atoms with Crippen LogP contribution in [0, 0.1) is 11.3 Å². The highest BCUT2D eigenvalue weighted by Gasteiger charge is 2.26. The third-order valence-electron chi connectivity index (χ3n) is 3.13. The summed E-state index contributed by atoms with van der Waals surface area (Å²) in [7, 11) is 1.34. The molecule has 0 rings (SSSR count). The van der Waals surface area contributed by atoms with Gasteiger partial charge in [0.25, 0.3) is 0 Å². The Morgan fingerprint density at radius 2 is 1.86 bits per heavy atom. The smallest absolute Gasteiger partial charge is 0.315 e. The Morgan fingerprint density at radius 1 is 1.27 bits per heavy atom. The molecular weight excluding hydrogens is 288 g/mol. The molecule has 0 fully saturated rings. The quantitative estimate of drug-likeness (QED) is 0.399. The van der Waals surface area contributed by atoms with Crippen LogP contribution in [0.3, 0.4) is 0 Å². The molecule has 0 radical (unpaired) electrons. The summed E-state index contributed by atoms with van der Waals surface area (Å²) in [6.07, 6.45) is 2.54. The topological polar surface area (TPSA) is 89.9 Å². The lowest BCUT2D eigenvalue weighted by molar-refractivity contribution is -0.149. The lowest BCUT2D eigenvalue weighted by Gasteiger charge is -2.19. The predicted octanol–water partition coefficient (Wildman–Crippen LogP) is 2.57. The Balaban J connectivity index is 4.39. The zero-order chi connectivity index (χ0) is 17.3. The van der Waals surface area contributed by atoms with Gasteiger partial charge >= 0.3 is 17.9 Å². The first kappa shape index (κ1) is 20.1. The van der Waals surface area contributed by atoms with Crippen LogP contribution >= 0.6 is 0 Å². The number of methoxy groups -OCH3 is 1. The minimum Gasteiger partial charge on any atom is -0.481 e. The molecular formula is C16H26O6. The average Bonchev–Trinajstić information content (AvgIpc) is 2.41. The summed E-state index contributed by atoms with van der Waals surface area (Å²) in [5.41, 5.74) is 0.148. The van der Waals surface area contributed by atoms with E-state index in [9.17, 15) is 14.4 Å². The zero-order valence-electron chi connectivity index (χ0n) is 14.0. The van der Waals surface area contributed by atoms with Gasteiger partial charge in [-0.25, -0.2) is 0 Å². The molecule has 6 nitrogen and oxygen atoms in total. The van der Waals surface area contributed by atoms with Crippen molar-refractivity contribution in [2.75, 3.05) is 13.7 Å². The van der Waals surface area contributed by atoms with Crippen LogP contribution in [0.2, 0.25) is 0 Å². The molecule has 0 aromatic rings. The molecule has 0 heterocycles. The first-order valence-corrected chi connectivity index (χ1v) is 7.25. The number of carboxylic acid groups (broad SMARTS) is 1. The number of hydrogen-bond acceptors (Lipinski definition) is 5. The molecule has 0 aliphatic carbocycles. The Labute approximate surface area is 131 Å². The second-order valence-electron chi connectivity index (χ2n) is 5.97. The summed E-state index contributed by atoms with van der Waals surface area (Å²) in [5, 5.41) is 8.49. The third-order valence-corrected chi connectivity index (χ3v) is 3.13. The van der Waals surface area contributed by atoms with Gasteiger partial charge in [-0.1, -0.05) is 18.6 Å². The van der Waals surface area contributed by atoms with Gasteiger partial charge in [0.1, 0.15) is 0 Å². The molecule has 126 valence electrons. The second kappa shape index (κ2) is 9.23. The molecule has 0 saturated carbocycles. The summed E-state index contributed by atoms with van der Waals surface area (Å²) >= 11 is 0. The number of rotatable bonds is 9. The van der Waals surface area contributed by atoms with Crippen molar-refractivity contribution in [2.45, 2.75) is 47.0 Å². The van der Waals surface area contributed by atoms with Crippen LogP contribution in [0.25, 0.3) is 0 Å². The zero-order valence-corrected chi connectivity index (χ0v) is 14.0. The van der Waals surface area contributed by atoms with E-state index >= 15 is 0 Å². The lowest BCUT2D eigenvalue weighted by Crippen LogP contribution is -2.24. The van der Waals surface area contributed by atoms with E-state index < -0.39 is 11.4 Å². The monoisotopic (exact) mass is 314 g/mol. The number of carbonyl (C=O) groups excluding carboxylic acids is 2. The Morgan fingerprint density at radius 3 is 2.36 bits per heavy atom. The summed E-state index contributed by atoms with van der Waals surface area (Å²) in [6.45, 7) is 7.18. The van der Waals surface area contributed by atoms with Crippen molar-refractivity contribution in [1.82, 2.24) is 0 Å². The summed E-state index contributed by atoms with van der Waals surface area (Å²) in [6, 6.07) is 0. The number of esters is 2. The predicted molar refractivity (Wildman–Crippen MR) is 81.2 cm³/mol. The number of ether oxygens (including phenoxy) is 2. The van der Waals surface area contributed by atoms with E-state index in [-0.39, 0.29) is 30.9 Å². The summed E-state index contributed by atoms with van der Waals surface area (Å²) in [5.74, 6) is -1.97. The fourth-order valence-electron chi connectivity index (χ4n) is 2.10. The molecule has 1 N–H and O–H groups in total. The van der Waals surface area contributed by atoms with Crippen molar-refractivity contribution in [3.8, 4) is 0 Å². The number of aliphatic carboxylic acids is 1. The van der Waals surface area contributed by atoms with Crippen molar-refractivity contribution >= 4 is 17.9 Å². The van der Waals surface area contributed by atoms with Gasteiger partial charge in [-0.2, -0.15) is 0 Å². The minimum absolute atomic E-state index is 0.0199. The van der Waals surface area contributed by atoms with E-state index in [1.807, 2.05) is 6.92 Å². The molecule has 22 heavy (non-hydrogen) atoms. The maximum absolute atomic E-state index is 11.8. The standard InChI is InChI=1S/C16H26O6/c1-11(10-16(3,4)15(20)21-5)9-12(2)14(19)22-8-6-7-13(17)18/h10,12H,6-9H2,1-5H3,(H,17,18). The van der Waals surface area contributed by atoms with Crippen molar-refractivity contribution in [2.24, 2.45) is 11.3 Å². The number of allylic oxidation sites excluding steroid dienone is 1. The van der Waals surface area contributed by atoms with Crippen LogP contribution in [-0.2, 0) is 23.9 Å². The van der Waals surface area contributed by atoms with E-state index in [2.05, 4.69) is 0 Å². The van der Waals surface area contributed by atoms with Crippen LogP contribution in [-0.4, -0.2) is 36.7 Å². The van der Waals surface area contributed by atoms with E-state index in [0.29, 0.717) is 12.8 Å². The minimum atomic E-state index is -0.909. The van der Waals surface area contributed by atoms with Crippen molar-refractivity contribution < 1.29 is 29.0 Å². The molecule has 0 saturated heterocycles. The Bertz CT molecular complexity index is 436. The van der Waals surface area contributed by atoms with Crippen LogP contribution < -0.4 is 0 Å². The molecule has 1 atom stereocenters. The number of hydrogen-bond donors (Lipinski definition) is 1. The van der Waals surface area contributed by atoms with E-state index in [1.54, 1.807) is 26.8 Å². The molecule has 0 aliphatic heterocycles. The maximum Gasteiger partial charge on any atom is 0.315 e. The highest BCUT2D eigenvalue weighted by molar-refractivity contribution is 5.78. The highest BCUT2D eigenvalue weighted by atomic mass is 16.5. The number of carboxylic acids is 1. The van der Waals surface area contributed by atoms with Gasteiger partial charge in [-0.3, -0.25) is 14.4 Å². The van der Waals surface area contributed by atoms with Crippen molar-refractivity contribution in [1.29, 1.82) is 0 Å². The molecule has 0 aromatic carbocycles. The van der Waals surface area contributed by atoms with Gasteiger partial charge in [-0.15, -0.1) is 0 Å². The van der Waals surface area contributed by atoms with Gasteiger partial charge in [0, 0.05) is 6.42 Å². The molecule has 1 unspecified atom stereocenters. The molecule has 0 spiro atoms. The average molecular weight is 314 g/mol. The second-order valence-corrected chi connectivity index (χ2v) is 5.97. The lowest BCUT2D eigenvalue weighted by atomic mass is 9.89. The van der Waals surface area contributed by atoms with Crippen LogP contribution in [0.1, 0.15) is 47.0 Å². The highest BCUT2D eigenvalue weighted by Crippen LogP contribution is 2.24. The first-order chi connectivity index (χ1) is 10.1. The van der Waals surface area contributed by atoms with Crippen LogP contribution in [0.5, 0.6) is 0 Å². The molecule has 0 aliphatic rings. The normalized spacial score (nSPS) is 13.4. The Hall–Kier alpha value is -1.85. The van der Waals surface area contributed by atoms with Gasteiger partial charge < -0.3 is 14.6 Å². The largest absolute Gasteiger partial charge is 0.481 e. The third kappa shape index (κ3) is 7.81. The van der Waals surface area contributed by atoms with E-state index in [1.165, 1.54) is 7.11 Å². The van der Waals surface area contributed by atoms with Gasteiger partial charge in [0.15, 0.2) is 0 Å². The van der Waals surface area contributed by atoms with Crippen molar-refractivity contribution in [3.05, 3.63) is 11.6 Å². The fraction of sp³-hybridized carbons (Fsp3) is 0.688.